The number of methoxy groups -OCH3 is 1. The lowest BCUT2D eigenvalue weighted by Gasteiger charge is -2.37. The van der Waals surface area contributed by atoms with Gasteiger partial charge in [-0.3, -0.25) is 4.57 Å². The van der Waals surface area contributed by atoms with Gasteiger partial charge in [-0.1, -0.05) is 11.6 Å². The Morgan fingerprint density at radius 2 is 2.04 bits per heavy atom. The number of halogens is 1. The summed E-state index contributed by atoms with van der Waals surface area (Å²) in [6.07, 6.45) is 5.44. The molecule has 0 unspecified atom stereocenters. The lowest BCUT2D eigenvalue weighted by atomic mass is 9.86. The molecule has 7 nitrogen and oxygen atoms in total. The third kappa shape index (κ3) is 2.84. The van der Waals surface area contributed by atoms with Gasteiger partial charge in [0.1, 0.15) is 5.52 Å². The number of ether oxygens (including phenoxy) is 1. The Kier molecular flexibility index (Phi) is 3.82. The first-order valence-corrected chi connectivity index (χ1v) is 9.15. The zero-order valence-corrected chi connectivity index (χ0v) is 15.4. The minimum Gasteiger partial charge on any atom is -0.468 e. The summed E-state index contributed by atoms with van der Waals surface area (Å²) in [7, 11) is 1.64. The number of pyridine rings is 1. The first kappa shape index (κ1) is 16.3. The summed E-state index contributed by atoms with van der Waals surface area (Å²) >= 11 is 6.06. The van der Waals surface area contributed by atoms with Crippen LogP contribution in [0.3, 0.4) is 0 Å². The van der Waals surface area contributed by atoms with Gasteiger partial charge in [0.2, 0.25) is 5.95 Å². The van der Waals surface area contributed by atoms with Crippen LogP contribution in [0.2, 0.25) is 5.02 Å². The number of hydrogen-bond acceptors (Lipinski definition) is 6. The van der Waals surface area contributed by atoms with Crippen LogP contribution in [0, 0.1) is 0 Å². The maximum Gasteiger partial charge on any atom is 0.298 e. The number of anilines is 1. The summed E-state index contributed by atoms with van der Waals surface area (Å²) in [5.74, 6) is 0.619. The molecule has 0 radical (unpaired) electrons. The monoisotopic (exact) mass is 380 g/mol. The molecule has 3 heterocycles. The average Bonchev–Trinajstić information content (AvgIpc) is 3.02. The molecular formula is C19H17ClN6O. The van der Waals surface area contributed by atoms with Crippen molar-refractivity contribution in [2.24, 2.45) is 0 Å². The van der Waals surface area contributed by atoms with E-state index >= 15 is 0 Å². The van der Waals surface area contributed by atoms with Crippen LogP contribution in [0.1, 0.15) is 18.9 Å². The summed E-state index contributed by atoms with van der Waals surface area (Å²) < 4.78 is 7.53. The quantitative estimate of drug-likeness (QED) is 0.579. The van der Waals surface area contributed by atoms with Crippen LogP contribution in [0.5, 0.6) is 6.01 Å². The predicted molar refractivity (Wildman–Crippen MR) is 104 cm³/mol. The van der Waals surface area contributed by atoms with Crippen LogP contribution >= 0.6 is 11.6 Å². The van der Waals surface area contributed by atoms with Crippen LogP contribution in [-0.4, -0.2) is 37.7 Å². The van der Waals surface area contributed by atoms with Gasteiger partial charge in [0.25, 0.3) is 6.01 Å². The van der Waals surface area contributed by atoms with E-state index in [2.05, 4.69) is 29.8 Å². The lowest BCUT2D eigenvalue weighted by Crippen LogP contribution is -2.37. The van der Waals surface area contributed by atoms with Gasteiger partial charge in [-0.15, -0.1) is 0 Å². The van der Waals surface area contributed by atoms with Gasteiger partial charge in [0, 0.05) is 34.9 Å². The zero-order chi connectivity index (χ0) is 18.4. The minimum absolute atomic E-state index is 0.284. The zero-order valence-electron chi connectivity index (χ0n) is 14.6. The second kappa shape index (κ2) is 6.35. The van der Waals surface area contributed by atoms with Gasteiger partial charge in [-0.25, -0.2) is 15.0 Å². The molecule has 0 saturated heterocycles. The molecule has 1 fully saturated rings. The van der Waals surface area contributed by atoms with Crippen molar-refractivity contribution in [1.29, 1.82) is 0 Å². The Balaban J connectivity index is 1.34. The highest BCUT2D eigenvalue weighted by atomic mass is 35.5. The van der Waals surface area contributed by atoms with Crippen molar-refractivity contribution in [3.05, 3.63) is 47.7 Å². The van der Waals surface area contributed by atoms with Crippen molar-refractivity contribution in [2.45, 2.75) is 24.9 Å². The number of nitrogens with one attached hydrogen (secondary N) is 1. The normalized spacial score (nSPS) is 19.2. The van der Waals surface area contributed by atoms with Crippen molar-refractivity contribution >= 4 is 39.6 Å². The molecule has 0 bridgehead atoms. The van der Waals surface area contributed by atoms with Crippen molar-refractivity contribution < 1.29 is 4.74 Å². The summed E-state index contributed by atoms with van der Waals surface area (Å²) in [6, 6.07) is 10.6. The maximum atomic E-state index is 6.06. The van der Waals surface area contributed by atoms with Crippen molar-refractivity contribution in [2.75, 3.05) is 12.4 Å². The van der Waals surface area contributed by atoms with Crippen LogP contribution in [0.4, 0.5) is 5.95 Å². The molecule has 0 atom stereocenters. The standard InChI is InChI=1S/C19H17ClN6O/c1-27-19-25-15-3-2-6-21-17(15)26(19)14-8-13(9-14)23-18-22-10-11-4-5-12(20)7-16(11)24-18/h2-7,10,13-14H,8-9H2,1H3,(H,22,23,24)/t13-,14-. The molecule has 1 aliphatic carbocycles. The van der Waals surface area contributed by atoms with Gasteiger partial charge in [0.05, 0.1) is 12.6 Å². The second-order valence-electron chi connectivity index (χ2n) is 6.68. The van der Waals surface area contributed by atoms with E-state index in [4.69, 9.17) is 16.3 Å². The molecule has 1 aliphatic rings. The van der Waals surface area contributed by atoms with E-state index < -0.39 is 0 Å². The van der Waals surface area contributed by atoms with Gasteiger partial charge in [-0.05, 0) is 43.2 Å². The van der Waals surface area contributed by atoms with E-state index in [0.29, 0.717) is 17.0 Å². The Morgan fingerprint density at radius 1 is 1.15 bits per heavy atom. The van der Waals surface area contributed by atoms with E-state index in [9.17, 15) is 0 Å². The molecule has 8 heteroatoms. The third-order valence-corrected chi connectivity index (χ3v) is 5.19. The smallest absolute Gasteiger partial charge is 0.298 e. The molecule has 1 N–H and O–H groups in total. The first-order valence-electron chi connectivity index (χ1n) is 8.77. The van der Waals surface area contributed by atoms with Crippen molar-refractivity contribution in [3.8, 4) is 6.01 Å². The van der Waals surface area contributed by atoms with E-state index in [-0.39, 0.29) is 12.1 Å². The van der Waals surface area contributed by atoms with Crippen molar-refractivity contribution in [3.63, 3.8) is 0 Å². The molecule has 27 heavy (non-hydrogen) atoms. The molecular weight excluding hydrogens is 364 g/mol. The largest absolute Gasteiger partial charge is 0.468 e. The fourth-order valence-corrected chi connectivity index (χ4v) is 3.71. The Morgan fingerprint density at radius 3 is 2.89 bits per heavy atom. The number of rotatable bonds is 4. The maximum absolute atomic E-state index is 6.06. The second-order valence-corrected chi connectivity index (χ2v) is 7.11. The molecule has 136 valence electrons. The lowest BCUT2D eigenvalue weighted by molar-refractivity contribution is 0.252. The van der Waals surface area contributed by atoms with E-state index in [1.165, 1.54) is 0 Å². The average molecular weight is 381 g/mol. The molecule has 0 amide bonds. The van der Waals surface area contributed by atoms with Crippen LogP contribution in [0.25, 0.3) is 22.1 Å². The summed E-state index contributed by atoms with van der Waals surface area (Å²) in [5, 5.41) is 5.05. The number of benzene rings is 1. The molecule has 5 rings (SSSR count). The topological polar surface area (TPSA) is 77.8 Å². The molecule has 1 saturated carbocycles. The van der Waals surface area contributed by atoms with Crippen LogP contribution in [-0.2, 0) is 0 Å². The van der Waals surface area contributed by atoms with Gasteiger partial charge < -0.3 is 10.1 Å². The predicted octanol–water partition coefficient (Wildman–Crippen LogP) is 3.85. The molecule has 0 spiro atoms. The van der Waals surface area contributed by atoms with Crippen LogP contribution in [0.15, 0.2) is 42.7 Å². The van der Waals surface area contributed by atoms with Crippen molar-refractivity contribution in [1.82, 2.24) is 24.5 Å². The highest BCUT2D eigenvalue weighted by Crippen LogP contribution is 2.38. The Hall–Kier alpha value is -2.93. The summed E-state index contributed by atoms with van der Waals surface area (Å²) in [6.45, 7) is 0. The Bertz CT molecular complexity index is 1140. The van der Waals surface area contributed by atoms with Crippen LogP contribution < -0.4 is 10.1 Å². The minimum atomic E-state index is 0.284. The molecule has 4 aromatic rings. The fourth-order valence-electron chi connectivity index (χ4n) is 3.55. The molecule has 1 aromatic carbocycles. The number of imidazole rings is 1. The summed E-state index contributed by atoms with van der Waals surface area (Å²) in [5.41, 5.74) is 2.54. The molecule has 3 aromatic heterocycles. The number of hydrogen-bond donors (Lipinski definition) is 1. The fraction of sp³-hybridized carbons (Fsp3) is 0.263. The summed E-state index contributed by atoms with van der Waals surface area (Å²) in [4.78, 5) is 17.9. The Labute approximate surface area is 160 Å². The SMILES string of the molecule is COc1nc2cccnc2n1[C@H]1C[C@H](Nc2ncc3ccc(Cl)cc3n2)C1. The molecule has 0 aliphatic heterocycles. The number of nitrogens with zero attached hydrogens (tertiary/aromatic N) is 5. The van der Waals surface area contributed by atoms with E-state index in [1.807, 2.05) is 36.5 Å². The van der Waals surface area contributed by atoms with Gasteiger partial charge in [-0.2, -0.15) is 4.98 Å². The number of fused-ring (bicyclic) bond motifs is 2. The van der Waals surface area contributed by atoms with Gasteiger partial charge in [0.15, 0.2) is 5.65 Å². The first-order chi connectivity index (χ1) is 13.2. The van der Waals surface area contributed by atoms with E-state index in [0.717, 1.165) is 34.9 Å². The number of aromatic nitrogens is 5. The highest BCUT2D eigenvalue weighted by Gasteiger charge is 2.34. The highest BCUT2D eigenvalue weighted by molar-refractivity contribution is 6.31. The van der Waals surface area contributed by atoms with E-state index in [1.54, 1.807) is 13.3 Å². The van der Waals surface area contributed by atoms with Gasteiger partial charge >= 0.3 is 0 Å². The third-order valence-electron chi connectivity index (χ3n) is 4.96.